The van der Waals surface area contributed by atoms with E-state index < -0.39 is 0 Å². The fourth-order valence-corrected chi connectivity index (χ4v) is 2.64. The molecule has 1 aliphatic carbocycles. The molecular weight excluding hydrogens is 240 g/mol. The van der Waals surface area contributed by atoms with Crippen LogP contribution in [0.15, 0.2) is 11.8 Å². The van der Waals surface area contributed by atoms with Gasteiger partial charge < -0.3 is 15.5 Å². The van der Waals surface area contributed by atoms with E-state index in [4.69, 9.17) is 5.26 Å². The van der Waals surface area contributed by atoms with Crippen molar-refractivity contribution in [3.63, 3.8) is 0 Å². The van der Waals surface area contributed by atoms with Crippen molar-refractivity contribution in [2.75, 3.05) is 26.2 Å². The van der Waals surface area contributed by atoms with Crippen molar-refractivity contribution in [3.05, 3.63) is 11.8 Å². The average molecular weight is 262 g/mol. The minimum Gasteiger partial charge on any atom is -0.374 e. The second kappa shape index (κ2) is 7.15. The van der Waals surface area contributed by atoms with E-state index in [0.29, 0.717) is 0 Å². The van der Waals surface area contributed by atoms with E-state index in [-0.39, 0.29) is 17.5 Å². The Bertz CT molecular complexity index is 373. The topological polar surface area (TPSA) is 68.2 Å². The Morgan fingerprint density at radius 1 is 1.26 bits per heavy atom. The third-order valence-electron chi connectivity index (χ3n) is 3.77. The molecule has 0 bridgehead atoms. The Hall–Kier alpha value is -1.54. The van der Waals surface area contributed by atoms with Gasteiger partial charge in [0.15, 0.2) is 0 Å². The van der Waals surface area contributed by atoms with Crippen LogP contribution in [0.5, 0.6) is 0 Å². The second-order valence-corrected chi connectivity index (χ2v) is 5.25. The van der Waals surface area contributed by atoms with Crippen molar-refractivity contribution in [2.24, 2.45) is 0 Å². The van der Waals surface area contributed by atoms with Crippen LogP contribution in [0.3, 0.4) is 0 Å². The van der Waals surface area contributed by atoms with Crippen LogP contribution in [0.1, 0.15) is 32.1 Å². The summed E-state index contributed by atoms with van der Waals surface area (Å²) in [6.07, 6.45) is 7.39. The quantitative estimate of drug-likeness (QED) is 0.582. The lowest BCUT2D eigenvalue weighted by molar-refractivity contribution is -0.118. The van der Waals surface area contributed by atoms with Gasteiger partial charge in [0.2, 0.25) is 0 Å². The van der Waals surface area contributed by atoms with Crippen molar-refractivity contribution in [1.82, 2.24) is 15.5 Å². The predicted octanol–water partition coefficient (Wildman–Crippen LogP) is 0.748. The van der Waals surface area contributed by atoms with E-state index in [0.717, 1.165) is 39.0 Å². The molecular formula is C14H22N4O. The zero-order chi connectivity index (χ0) is 13.5. The first-order valence-corrected chi connectivity index (χ1v) is 7.17. The van der Waals surface area contributed by atoms with Gasteiger partial charge in [-0.15, -0.1) is 0 Å². The maximum atomic E-state index is 12.1. The fraction of sp³-hybridized carbons (Fsp3) is 0.714. The molecule has 0 aromatic heterocycles. The van der Waals surface area contributed by atoms with Crippen LogP contribution in [0, 0.1) is 11.3 Å². The third-order valence-corrected chi connectivity index (χ3v) is 3.77. The molecule has 2 fully saturated rings. The number of carbonyl (C=O) groups is 1. The summed E-state index contributed by atoms with van der Waals surface area (Å²) in [5.41, 5.74) is 0.229. The van der Waals surface area contributed by atoms with Gasteiger partial charge in [-0.25, -0.2) is 0 Å². The van der Waals surface area contributed by atoms with Gasteiger partial charge in [0.05, 0.1) is 0 Å². The number of hydrogen-bond acceptors (Lipinski definition) is 4. The largest absolute Gasteiger partial charge is 0.374 e. The minimum absolute atomic E-state index is 0.215. The molecule has 0 aromatic carbocycles. The standard InChI is InChI=1S/C14H22N4O/c15-10-12(11-18-8-6-16-7-9-18)14(19)17-13-4-2-1-3-5-13/h11,13,16H,1-9H2,(H,17,19)/b12-11-. The first-order chi connectivity index (χ1) is 9.29. The third kappa shape index (κ3) is 4.25. The van der Waals surface area contributed by atoms with E-state index in [9.17, 15) is 4.79 Å². The highest BCUT2D eigenvalue weighted by molar-refractivity contribution is 5.97. The first-order valence-electron chi connectivity index (χ1n) is 7.17. The maximum absolute atomic E-state index is 12.1. The van der Waals surface area contributed by atoms with Gasteiger partial charge >= 0.3 is 0 Å². The zero-order valence-corrected chi connectivity index (χ0v) is 11.3. The van der Waals surface area contributed by atoms with Gasteiger partial charge in [-0.2, -0.15) is 5.26 Å². The lowest BCUT2D eigenvalue weighted by atomic mass is 9.95. The molecule has 19 heavy (non-hydrogen) atoms. The van der Waals surface area contributed by atoms with E-state index in [1.165, 1.54) is 19.3 Å². The number of rotatable bonds is 3. The van der Waals surface area contributed by atoms with E-state index in [2.05, 4.69) is 10.6 Å². The maximum Gasteiger partial charge on any atom is 0.263 e. The number of nitrogens with zero attached hydrogens (tertiary/aromatic N) is 2. The second-order valence-electron chi connectivity index (χ2n) is 5.25. The molecule has 0 unspecified atom stereocenters. The number of hydrogen-bond donors (Lipinski definition) is 2. The zero-order valence-electron chi connectivity index (χ0n) is 11.3. The molecule has 1 heterocycles. The molecule has 0 aromatic rings. The number of carbonyl (C=O) groups excluding carboxylic acids is 1. The van der Waals surface area contributed by atoms with Crippen LogP contribution in [-0.2, 0) is 4.79 Å². The Balaban J connectivity index is 1.90. The molecule has 0 atom stereocenters. The van der Waals surface area contributed by atoms with E-state index in [1.807, 2.05) is 11.0 Å². The summed E-state index contributed by atoms with van der Waals surface area (Å²) < 4.78 is 0. The van der Waals surface area contributed by atoms with E-state index >= 15 is 0 Å². The summed E-state index contributed by atoms with van der Waals surface area (Å²) in [5.74, 6) is -0.215. The first kappa shape index (κ1) is 13.9. The average Bonchev–Trinajstić information content (AvgIpc) is 2.47. The molecule has 0 spiro atoms. The summed E-state index contributed by atoms with van der Waals surface area (Å²) in [6.45, 7) is 3.50. The molecule has 1 aliphatic heterocycles. The molecule has 104 valence electrons. The van der Waals surface area contributed by atoms with Crippen molar-refractivity contribution in [3.8, 4) is 6.07 Å². The summed E-state index contributed by atoms with van der Waals surface area (Å²) >= 11 is 0. The van der Waals surface area contributed by atoms with Crippen LogP contribution < -0.4 is 10.6 Å². The molecule has 1 amide bonds. The molecule has 2 rings (SSSR count). The van der Waals surface area contributed by atoms with Gasteiger partial charge in [0.25, 0.3) is 5.91 Å². The lowest BCUT2D eigenvalue weighted by Crippen LogP contribution is -2.42. The van der Waals surface area contributed by atoms with Crippen molar-refractivity contribution < 1.29 is 4.79 Å². The highest BCUT2D eigenvalue weighted by Gasteiger charge is 2.19. The molecule has 5 heteroatoms. The molecule has 1 saturated carbocycles. The van der Waals surface area contributed by atoms with Gasteiger partial charge in [-0.1, -0.05) is 19.3 Å². The highest BCUT2D eigenvalue weighted by Crippen LogP contribution is 2.17. The monoisotopic (exact) mass is 262 g/mol. The van der Waals surface area contributed by atoms with Gasteiger partial charge in [0, 0.05) is 38.4 Å². The molecule has 5 nitrogen and oxygen atoms in total. The Kier molecular flexibility index (Phi) is 5.22. The number of nitrogens with one attached hydrogen (secondary N) is 2. The summed E-state index contributed by atoms with van der Waals surface area (Å²) in [5, 5.41) is 15.4. The number of piperazine rings is 1. The Morgan fingerprint density at radius 3 is 2.58 bits per heavy atom. The van der Waals surface area contributed by atoms with Crippen LogP contribution in [0.4, 0.5) is 0 Å². The molecule has 0 radical (unpaired) electrons. The molecule has 1 saturated heterocycles. The van der Waals surface area contributed by atoms with Crippen LogP contribution >= 0.6 is 0 Å². The van der Waals surface area contributed by atoms with E-state index in [1.54, 1.807) is 6.20 Å². The molecule has 2 aliphatic rings. The summed E-state index contributed by atoms with van der Waals surface area (Å²) in [6, 6.07) is 2.28. The Morgan fingerprint density at radius 2 is 1.95 bits per heavy atom. The molecule has 2 N–H and O–H groups in total. The SMILES string of the molecule is N#C/C(=C/N1CCNCC1)C(=O)NC1CCCCC1. The Labute approximate surface area is 114 Å². The summed E-state index contributed by atoms with van der Waals surface area (Å²) in [4.78, 5) is 14.1. The smallest absolute Gasteiger partial charge is 0.263 e. The van der Waals surface area contributed by atoms with Crippen molar-refractivity contribution in [2.45, 2.75) is 38.1 Å². The lowest BCUT2D eigenvalue weighted by Gasteiger charge is -2.26. The van der Waals surface area contributed by atoms with Crippen molar-refractivity contribution in [1.29, 1.82) is 5.26 Å². The number of amides is 1. The number of nitriles is 1. The van der Waals surface area contributed by atoms with Gasteiger partial charge in [0.1, 0.15) is 11.6 Å². The minimum atomic E-state index is -0.215. The van der Waals surface area contributed by atoms with Crippen LogP contribution in [-0.4, -0.2) is 43.0 Å². The van der Waals surface area contributed by atoms with Crippen molar-refractivity contribution >= 4 is 5.91 Å². The van der Waals surface area contributed by atoms with Gasteiger partial charge in [-0.3, -0.25) is 4.79 Å². The highest BCUT2D eigenvalue weighted by atomic mass is 16.1. The predicted molar refractivity (Wildman–Crippen MR) is 73.2 cm³/mol. The fourth-order valence-electron chi connectivity index (χ4n) is 2.64. The van der Waals surface area contributed by atoms with Gasteiger partial charge in [-0.05, 0) is 12.8 Å². The normalized spacial score (nSPS) is 21.8. The van der Waals surface area contributed by atoms with Crippen LogP contribution in [0.25, 0.3) is 0 Å². The van der Waals surface area contributed by atoms with Crippen LogP contribution in [0.2, 0.25) is 0 Å². The summed E-state index contributed by atoms with van der Waals surface area (Å²) in [7, 11) is 0.